The molecule has 0 aromatic carbocycles. The Bertz CT molecular complexity index is 514. The van der Waals surface area contributed by atoms with E-state index in [1.807, 2.05) is 0 Å². The number of rotatable bonds is 2. The van der Waals surface area contributed by atoms with E-state index < -0.39 is 0 Å². The lowest BCUT2D eigenvalue weighted by atomic mass is 10.1. The Balaban J connectivity index is 1.78. The molecular formula is C13H20N4O2. The van der Waals surface area contributed by atoms with Crippen molar-refractivity contribution in [3.8, 4) is 0 Å². The molecule has 0 aliphatic carbocycles. The summed E-state index contributed by atoms with van der Waals surface area (Å²) in [6, 6.07) is 1.71. The van der Waals surface area contributed by atoms with Crippen LogP contribution in [0.2, 0.25) is 0 Å². The molecular weight excluding hydrogens is 244 g/mol. The van der Waals surface area contributed by atoms with Crippen LogP contribution in [0.4, 0.5) is 0 Å². The number of morpholine rings is 1. The van der Waals surface area contributed by atoms with E-state index >= 15 is 0 Å². The van der Waals surface area contributed by atoms with Crippen molar-refractivity contribution >= 4 is 0 Å². The number of nitrogens with one attached hydrogen (secondary N) is 1. The largest absolute Gasteiger partial charge is 0.374 e. The second kappa shape index (κ2) is 5.40. The first-order valence-electron chi connectivity index (χ1n) is 6.83. The van der Waals surface area contributed by atoms with Crippen molar-refractivity contribution in [1.82, 2.24) is 20.0 Å². The molecule has 104 valence electrons. The highest BCUT2D eigenvalue weighted by Crippen LogP contribution is 2.09. The fraction of sp³-hybridized carbons (Fsp3) is 0.692. The summed E-state index contributed by atoms with van der Waals surface area (Å²) in [6.07, 6.45) is 0.949. The Morgan fingerprint density at radius 1 is 1.58 bits per heavy atom. The quantitative estimate of drug-likeness (QED) is 0.759. The Kier molecular flexibility index (Phi) is 3.63. The molecule has 2 aliphatic rings. The van der Waals surface area contributed by atoms with Gasteiger partial charge in [-0.2, -0.15) is 5.10 Å². The van der Waals surface area contributed by atoms with Crippen LogP contribution in [-0.2, 0) is 24.2 Å². The summed E-state index contributed by atoms with van der Waals surface area (Å²) in [6.45, 7) is 4.76. The first-order valence-corrected chi connectivity index (χ1v) is 6.83. The van der Waals surface area contributed by atoms with Crippen molar-refractivity contribution in [2.24, 2.45) is 0 Å². The van der Waals surface area contributed by atoms with Crippen LogP contribution < -0.4 is 10.9 Å². The smallest absolute Gasteiger partial charge is 0.267 e. The van der Waals surface area contributed by atoms with Crippen molar-refractivity contribution in [2.45, 2.75) is 25.6 Å². The zero-order chi connectivity index (χ0) is 13.2. The van der Waals surface area contributed by atoms with Gasteiger partial charge >= 0.3 is 0 Å². The molecule has 3 rings (SSSR count). The number of likely N-dealkylation sites (N-methyl/N-ethyl adjacent to an activating group) is 1. The van der Waals surface area contributed by atoms with Gasteiger partial charge in [0.05, 0.1) is 24.9 Å². The van der Waals surface area contributed by atoms with Crippen LogP contribution in [0.3, 0.4) is 0 Å². The van der Waals surface area contributed by atoms with Crippen LogP contribution in [-0.4, -0.2) is 54.1 Å². The van der Waals surface area contributed by atoms with Gasteiger partial charge in [-0.25, -0.2) is 4.68 Å². The molecule has 0 radical (unpaired) electrons. The predicted molar refractivity (Wildman–Crippen MR) is 71.1 cm³/mol. The molecule has 1 saturated heterocycles. The molecule has 1 N–H and O–H groups in total. The second-order valence-electron chi connectivity index (χ2n) is 5.32. The topological polar surface area (TPSA) is 59.4 Å². The lowest BCUT2D eigenvalue weighted by Gasteiger charge is -2.30. The van der Waals surface area contributed by atoms with Crippen LogP contribution in [0, 0.1) is 0 Å². The summed E-state index contributed by atoms with van der Waals surface area (Å²) in [4.78, 5) is 14.3. The van der Waals surface area contributed by atoms with Gasteiger partial charge in [0.25, 0.3) is 5.56 Å². The van der Waals surface area contributed by atoms with E-state index in [0.717, 1.165) is 50.5 Å². The average molecular weight is 264 g/mol. The molecule has 0 spiro atoms. The van der Waals surface area contributed by atoms with Gasteiger partial charge in [-0.3, -0.25) is 4.79 Å². The zero-order valence-corrected chi connectivity index (χ0v) is 11.3. The van der Waals surface area contributed by atoms with E-state index in [9.17, 15) is 4.79 Å². The van der Waals surface area contributed by atoms with Crippen molar-refractivity contribution < 1.29 is 4.74 Å². The van der Waals surface area contributed by atoms with Crippen LogP contribution in [0.5, 0.6) is 0 Å². The Labute approximate surface area is 112 Å². The van der Waals surface area contributed by atoms with E-state index in [1.54, 1.807) is 10.7 Å². The Morgan fingerprint density at radius 2 is 2.47 bits per heavy atom. The maximum atomic E-state index is 12.0. The molecule has 1 aromatic rings. The van der Waals surface area contributed by atoms with Crippen LogP contribution in [0.1, 0.15) is 11.3 Å². The molecule has 0 saturated carbocycles. The Morgan fingerprint density at radius 3 is 3.32 bits per heavy atom. The summed E-state index contributed by atoms with van der Waals surface area (Å²) < 4.78 is 7.26. The van der Waals surface area contributed by atoms with Gasteiger partial charge in [-0.05, 0) is 12.6 Å². The minimum atomic E-state index is -0.0284. The fourth-order valence-corrected chi connectivity index (χ4v) is 2.66. The molecule has 0 bridgehead atoms. The van der Waals surface area contributed by atoms with E-state index in [1.165, 1.54) is 0 Å². The molecule has 19 heavy (non-hydrogen) atoms. The third-order valence-corrected chi connectivity index (χ3v) is 3.74. The maximum Gasteiger partial charge on any atom is 0.267 e. The molecule has 1 atom stereocenters. The number of hydrogen-bond donors (Lipinski definition) is 1. The first-order chi connectivity index (χ1) is 9.22. The molecule has 2 aliphatic heterocycles. The van der Waals surface area contributed by atoms with Gasteiger partial charge in [-0.15, -0.1) is 0 Å². The van der Waals surface area contributed by atoms with Crippen LogP contribution >= 0.6 is 0 Å². The summed E-state index contributed by atoms with van der Waals surface area (Å²) in [5.41, 5.74) is 2.05. The molecule has 6 nitrogen and oxygen atoms in total. The lowest BCUT2D eigenvalue weighted by Crippen LogP contribution is -2.44. The highest BCUT2D eigenvalue weighted by atomic mass is 16.5. The number of ether oxygens (including phenoxy) is 1. The van der Waals surface area contributed by atoms with Crippen molar-refractivity contribution in [3.63, 3.8) is 0 Å². The van der Waals surface area contributed by atoms with Gasteiger partial charge in [0.2, 0.25) is 0 Å². The van der Waals surface area contributed by atoms with Gasteiger partial charge in [0.15, 0.2) is 0 Å². The number of fused-ring (bicyclic) bond motifs is 1. The average Bonchev–Trinajstić information content (AvgIpc) is 2.40. The van der Waals surface area contributed by atoms with E-state index in [2.05, 4.69) is 22.4 Å². The molecule has 6 heteroatoms. The van der Waals surface area contributed by atoms with Crippen LogP contribution in [0.25, 0.3) is 0 Å². The highest BCUT2D eigenvalue weighted by Gasteiger charge is 2.20. The highest BCUT2D eigenvalue weighted by molar-refractivity contribution is 5.20. The standard InChI is InChI=1S/C13H20N4O2/c1-16-4-5-19-11(8-16)9-17-13(18)6-10-7-14-3-2-12(10)15-17/h6,11,14H,2-5,7-9H2,1H3. The maximum absolute atomic E-state index is 12.0. The zero-order valence-electron chi connectivity index (χ0n) is 11.3. The first kappa shape index (κ1) is 12.8. The van der Waals surface area contributed by atoms with Gasteiger partial charge < -0.3 is 15.0 Å². The third kappa shape index (κ3) is 2.86. The van der Waals surface area contributed by atoms with E-state index in [4.69, 9.17) is 4.74 Å². The second-order valence-corrected chi connectivity index (χ2v) is 5.32. The molecule has 1 aromatic heterocycles. The summed E-state index contributed by atoms with van der Waals surface area (Å²) in [5, 5.41) is 7.75. The van der Waals surface area contributed by atoms with Crippen molar-refractivity contribution in [3.05, 3.63) is 27.7 Å². The lowest BCUT2D eigenvalue weighted by molar-refractivity contribution is -0.0298. The molecule has 3 heterocycles. The molecule has 0 amide bonds. The van der Waals surface area contributed by atoms with Gasteiger partial charge in [-0.1, -0.05) is 0 Å². The normalized spacial score (nSPS) is 24.2. The Hall–Kier alpha value is -1.24. The van der Waals surface area contributed by atoms with Crippen molar-refractivity contribution in [1.29, 1.82) is 0 Å². The van der Waals surface area contributed by atoms with E-state index in [0.29, 0.717) is 6.54 Å². The number of aromatic nitrogens is 2. The van der Waals surface area contributed by atoms with E-state index in [-0.39, 0.29) is 11.7 Å². The summed E-state index contributed by atoms with van der Waals surface area (Å²) >= 11 is 0. The van der Waals surface area contributed by atoms with Crippen LogP contribution in [0.15, 0.2) is 10.9 Å². The summed E-state index contributed by atoms with van der Waals surface area (Å²) in [5.74, 6) is 0. The third-order valence-electron chi connectivity index (χ3n) is 3.74. The monoisotopic (exact) mass is 264 g/mol. The molecule has 1 unspecified atom stereocenters. The fourth-order valence-electron chi connectivity index (χ4n) is 2.66. The minimum absolute atomic E-state index is 0.0284. The predicted octanol–water partition coefficient (Wildman–Crippen LogP) is -0.780. The van der Waals surface area contributed by atoms with Gasteiger partial charge in [0.1, 0.15) is 0 Å². The number of hydrogen-bond acceptors (Lipinski definition) is 5. The number of nitrogens with zero attached hydrogens (tertiary/aromatic N) is 3. The van der Waals surface area contributed by atoms with Gasteiger partial charge in [0, 0.05) is 38.7 Å². The summed E-state index contributed by atoms with van der Waals surface area (Å²) in [7, 11) is 2.07. The molecule has 1 fully saturated rings. The van der Waals surface area contributed by atoms with Crippen molar-refractivity contribution in [2.75, 3.05) is 33.3 Å². The minimum Gasteiger partial charge on any atom is -0.374 e. The SMILES string of the molecule is CN1CCOC(Cn2nc3c(cc2=O)CNCC3)C1.